The molecular formula is C13H12ClNO4S. The number of halogens is 1. The van der Waals surface area contributed by atoms with E-state index in [9.17, 15) is 23.6 Å². The summed E-state index contributed by atoms with van der Waals surface area (Å²) in [6.07, 6.45) is 0. The minimum Gasteiger partial charge on any atom is -0.480 e. The Balaban J connectivity index is 2.58. The molecular weight excluding hydrogens is 302 g/mol. The maximum Gasteiger partial charge on any atom is 0.326 e. The van der Waals surface area contributed by atoms with Crippen molar-refractivity contribution in [3.63, 3.8) is 0 Å². The lowest BCUT2D eigenvalue weighted by Crippen LogP contribution is -2.23. The fourth-order valence-corrected chi connectivity index (χ4v) is 4.73. The van der Waals surface area contributed by atoms with E-state index in [1.165, 1.54) is 13.0 Å². The summed E-state index contributed by atoms with van der Waals surface area (Å²) in [5, 5.41) is 17.7. The monoisotopic (exact) mass is 313 g/mol. The van der Waals surface area contributed by atoms with Gasteiger partial charge in [-0.3, -0.25) is 4.79 Å². The summed E-state index contributed by atoms with van der Waals surface area (Å²) in [4.78, 5) is 11.4. The van der Waals surface area contributed by atoms with Gasteiger partial charge in [-0.1, -0.05) is 30.7 Å². The zero-order valence-electron chi connectivity index (χ0n) is 10.6. The molecule has 1 aromatic carbocycles. The SMILES string of the molecule is CCS(=O)(=O)[C@@H]1[C@H](c2cccc(Cl)c2)[C@]1(C#N)C(=O)O. The van der Waals surface area contributed by atoms with Gasteiger partial charge in [-0.15, -0.1) is 0 Å². The average molecular weight is 314 g/mol. The molecule has 1 saturated carbocycles. The Labute approximate surface area is 121 Å². The van der Waals surface area contributed by atoms with Gasteiger partial charge in [-0.2, -0.15) is 5.26 Å². The largest absolute Gasteiger partial charge is 0.480 e. The smallest absolute Gasteiger partial charge is 0.326 e. The highest BCUT2D eigenvalue weighted by Gasteiger charge is 2.76. The van der Waals surface area contributed by atoms with E-state index in [0.717, 1.165) is 0 Å². The van der Waals surface area contributed by atoms with Crippen LogP contribution in [-0.2, 0) is 14.6 Å². The zero-order chi connectivity index (χ0) is 15.1. The summed E-state index contributed by atoms with van der Waals surface area (Å²) < 4.78 is 24.1. The van der Waals surface area contributed by atoms with E-state index in [-0.39, 0.29) is 5.75 Å². The number of sulfone groups is 1. The van der Waals surface area contributed by atoms with E-state index < -0.39 is 32.4 Å². The van der Waals surface area contributed by atoms with Crippen molar-refractivity contribution in [2.24, 2.45) is 5.41 Å². The lowest BCUT2D eigenvalue weighted by molar-refractivity contribution is -0.141. The minimum absolute atomic E-state index is 0.203. The van der Waals surface area contributed by atoms with Crippen molar-refractivity contribution < 1.29 is 18.3 Å². The maximum absolute atomic E-state index is 12.1. The van der Waals surface area contributed by atoms with E-state index in [1.807, 2.05) is 0 Å². The highest BCUT2D eigenvalue weighted by Crippen LogP contribution is 2.63. The number of nitrogens with zero attached hydrogens (tertiary/aromatic N) is 1. The number of benzene rings is 1. The maximum atomic E-state index is 12.1. The second-order valence-electron chi connectivity index (χ2n) is 4.69. The van der Waals surface area contributed by atoms with Gasteiger partial charge in [0.2, 0.25) is 0 Å². The second kappa shape index (κ2) is 4.76. The Kier molecular flexibility index (Phi) is 3.53. The predicted octanol–water partition coefficient (Wildman–Crippen LogP) is 1.84. The molecule has 0 unspecified atom stereocenters. The molecule has 0 aliphatic heterocycles. The lowest BCUT2D eigenvalue weighted by Gasteiger charge is -2.02. The van der Waals surface area contributed by atoms with E-state index in [1.54, 1.807) is 24.3 Å². The molecule has 0 radical (unpaired) electrons. The summed E-state index contributed by atoms with van der Waals surface area (Å²) in [5.41, 5.74) is -1.46. The first-order valence-electron chi connectivity index (χ1n) is 5.93. The summed E-state index contributed by atoms with van der Waals surface area (Å²) in [5.74, 6) is -2.49. The predicted molar refractivity (Wildman–Crippen MR) is 73.1 cm³/mol. The molecule has 1 aliphatic carbocycles. The first-order valence-corrected chi connectivity index (χ1v) is 8.02. The topological polar surface area (TPSA) is 95.2 Å². The van der Waals surface area contributed by atoms with Crippen LogP contribution in [0.1, 0.15) is 18.4 Å². The van der Waals surface area contributed by atoms with Crippen molar-refractivity contribution >= 4 is 27.4 Å². The molecule has 0 saturated heterocycles. The Hall–Kier alpha value is -1.58. The molecule has 3 atom stereocenters. The highest BCUT2D eigenvalue weighted by molar-refractivity contribution is 7.92. The van der Waals surface area contributed by atoms with Gasteiger partial charge < -0.3 is 5.11 Å². The Bertz CT molecular complexity index is 709. The summed E-state index contributed by atoms with van der Waals surface area (Å²) >= 11 is 5.85. The number of carboxylic acid groups (broad SMARTS) is 1. The van der Waals surface area contributed by atoms with E-state index in [0.29, 0.717) is 10.6 Å². The Morgan fingerprint density at radius 3 is 2.65 bits per heavy atom. The number of rotatable bonds is 4. The molecule has 0 bridgehead atoms. The Morgan fingerprint density at radius 1 is 1.55 bits per heavy atom. The van der Waals surface area contributed by atoms with Gasteiger partial charge in [0, 0.05) is 16.7 Å². The molecule has 1 aliphatic rings. The van der Waals surface area contributed by atoms with Crippen LogP contribution < -0.4 is 0 Å². The normalized spacial score (nSPS) is 28.6. The van der Waals surface area contributed by atoms with Crippen LogP contribution in [0.3, 0.4) is 0 Å². The molecule has 0 heterocycles. The van der Waals surface area contributed by atoms with Gasteiger partial charge in [0.25, 0.3) is 0 Å². The quantitative estimate of drug-likeness (QED) is 0.915. The molecule has 1 fully saturated rings. The van der Waals surface area contributed by atoms with Gasteiger partial charge in [0.05, 0.1) is 6.07 Å². The van der Waals surface area contributed by atoms with Gasteiger partial charge in [-0.25, -0.2) is 8.42 Å². The number of carboxylic acids is 1. The van der Waals surface area contributed by atoms with Crippen molar-refractivity contribution in [2.45, 2.75) is 18.1 Å². The highest BCUT2D eigenvalue weighted by atomic mass is 35.5. The van der Waals surface area contributed by atoms with Crippen LogP contribution in [0.4, 0.5) is 0 Å². The zero-order valence-corrected chi connectivity index (χ0v) is 12.1. The summed E-state index contributed by atoms with van der Waals surface area (Å²) in [7, 11) is -3.65. The third-order valence-electron chi connectivity index (χ3n) is 3.67. The van der Waals surface area contributed by atoms with Crippen LogP contribution in [0, 0.1) is 16.7 Å². The van der Waals surface area contributed by atoms with Crippen molar-refractivity contribution in [1.29, 1.82) is 5.26 Å². The lowest BCUT2D eigenvalue weighted by atomic mass is 10.0. The van der Waals surface area contributed by atoms with Crippen LogP contribution >= 0.6 is 11.6 Å². The molecule has 0 spiro atoms. The average Bonchev–Trinajstić information content (AvgIpc) is 3.10. The van der Waals surface area contributed by atoms with Crippen molar-refractivity contribution in [3.05, 3.63) is 34.9 Å². The van der Waals surface area contributed by atoms with E-state index >= 15 is 0 Å². The van der Waals surface area contributed by atoms with Crippen LogP contribution in [-0.4, -0.2) is 30.5 Å². The van der Waals surface area contributed by atoms with Gasteiger partial charge >= 0.3 is 5.97 Å². The van der Waals surface area contributed by atoms with Gasteiger partial charge in [0.15, 0.2) is 15.3 Å². The number of hydrogen-bond donors (Lipinski definition) is 1. The minimum atomic E-state index is -3.65. The molecule has 0 aromatic heterocycles. The molecule has 7 heteroatoms. The first kappa shape index (κ1) is 14.8. The third-order valence-corrected chi connectivity index (χ3v) is 6.13. The van der Waals surface area contributed by atoms with Crippen LogP contribution in [0.25, 0.3) is 0 Å². The molecule has 106 valence electrons. The number of nitriles is 1. The fraction of sp³-hybridized carbons (Fsp3) is 0.385. The third kappa shape index (κ3) is 1.98. The summed E-state index contributed by atoms with van der Waals surface area (Å²) in [6, 6.07) is 8.00. The Morgan fingerprint density at radius 2 is 2.20 bits per heavy atom. The van der Waals surface area contributed by atoms with Crippen molar-refractivity contribution in [2.75, 3.05) is 5.75 Å². The molecule has 20 heavy (non-hydrogen) atoms. The molecule has 1 N–H and O–H groups in total. The molecule has 5 nitrogen and oxygen atoms in total. The molecule has 1 aromatic rings. The van der Waals surface area contributed by atoms with E-state index in [2.05, 4.69) is 0 Å². The van der Waals surface area contributed by atoms with E-state index in [4.69, 9.17) is 11.6 Å². The standard InChI is InChI=1S/C13H12ClNO4S/c1-2-20(18,19)11-10(13(11,7-15)12(16)17)8-4-3-5-9(14)6-8/h3-6,10-11H,2H2,1H3,(H,16,17)/t10-,11+,13-/m0/s1. The number of carbonyl (C=O) groups is 1. The summed E-state index contributed by atoms with van der Waals surface area (Å²) in [6.45, 7) is 1.44. The van der Waals surface area contributed by atoms with Crippen molar-refractivity contribution in [3.8, 4) is 6.07 Å². The molecule has 0 amide bonds. The first-order chi connectivity index (χ1) is 9.31. The number of aliphatic carboxylic acids is 1. The molecule has 2 rings (SSSR count). The van der Waals surface area contributed by atoms with Crippen LogP contribution in [0.15, 0.2) is 24.3 Å². The van der Waals surface area contributed by atoms with Crippen LogP contribution in [0.5, 0.6) is 0 Å². The van der Waals surface area contributed by atoms with Gasteiger partial charge in [0.1, 0.15) is 5.25 Å². The van der Waals surface area contributed by atoms with Gasteiger partial charge in [-0.05, 0) is 17.7 Å². The number of hydrogen-bond acceptors (Lipinski definition) is 4. The van der Waals surface area contributed by atoms with Crippen molar-refractivity contribution in [1.82, 2.24) is 0 Å². The fourth-order valence-electron chi connectivity index (χ4n) is 2.60. The van der Waals surface area contributed by atoms with Crippen LogP contribution in [0.2, 0.25) is 5.02 Å². The second-order valence-corrected chi connectivity index (χ2v) is 7.54.